The van der Waals surface area contributed by atoms with Gasteiger partial charge in [0.15, 0.2) is 0 Å². The highest BCUT2D eigenvalue weighted by Gasteiger charge is 1.90. The van der Waals surface area contributed by atoms with E-state index in [-0.39, 0.29) is 0 Å². The predicted molar refractivity (Wildman–Crippen MR) is 120 cm³/mol. The molecule has 1 aromatic carbocycles. The van der Waals surface area contributed by atoms with Crippen molar-refractivity contribution in [1.82, 2.24) is 9.97 Å². The lowest BCUT2D eigenvalue weighted by Crippen LogP contribution is -2.04. The highest BCUT2D eigenvalue weighted by atomic mass is 16.5. The van der Waals surface area contributed by atoms with Gasteiger partial charge >= 0.3 is 0 Å². The lowest BCUT2D eigenvalue weighted by Gasteiger charge is -2.02. The summed E-state index contributed by atoms with van der Waals surface area (Å²) in [6.45, 7) is 9.31. The first-order valence-corrected chi connectivity index (χ1v) is 9.53. The molecule has 0 atom stereocenters. The van der Waals surface area contributed by atoms with Gasteiger partial charge in [-0.15, -0.1) is 0 Å². The molecule has 0 saturated heterocycles. The summed E-state index contributed by atoms with van der Waals surface area (Å²) in [7, 11) is 3.31. The number of aromatic nitrogens is 2. The van der Waals surface area contributed by atoms with Gasteiger partial charge in [0.2, 0.25) is 0 Å². The maximum Gasteiger partial charge on any atom is 0.127 e. The van der Waals surface area contributed by atoms with E-state index in [9.17, 15) is 0 Å². The molecule has 0 fully saturated rings. The average Bonchev–Trinajstić information content (AvgIpc) is 2.73. The number of anilines is 1. The highest BCUT2D eigenvalue weighted by molar-refractivity contribution is 5.34. The first-order valence-electron chi connectivity index (χ1n) is 9.53. The molecule has 0 aliphatic rings. The van der Waals surface area contributed by atoms with E-state index in [1.165, 1.54) is 16.7 Å². The number of rotatable bonds is 5. The topological polar surface area (TPSA) is 56.3 Å². The number of hydrogen-bond donors (Lipinski definition) is 1. The Kier molecular flexibility index (Phi) is 11.9. The van der Waals surface area contributed by atoms with Gasteiger partial charge in [-0.3, -0.25) is 4.98 Å². The Balaban J connectivity index is 0.000000220. The molecule has 156 valence electrons. The van der Waals surface area contributed by atoms with Gasteiger partial charge in [-0.05, 0) is 51.0 Å². The van der Waals surface area contributed by atoms with Crippen LogP contribution in [0.25, 0.3) is 0 Å². The van der Waals surface area contributed by atoms with Crippen LogP contribution >= 0.6 is 0 Å². The Bertz CT molecular complexity index is 765. The second kappa shape index (κ2) is 14.3. The van der Waals surface area contributed by atoms with Gasteiger partial charge in [0.1, 0.15) is 12.5 Å². The molecule has 0 amide bonds. The molecule has 2 heterocycles. The molecular formula is C24H33N3O2. The summed E-state index contributed by atoms with van der Waals surface area (Å²) in [6.07, 6.45) is 3.66. The lowest BCUT2D eigenvalue weighted by atomic mass is 10.2. The maximum atomic E-state index is 4.91. The number of hydrogen-bond acceptors (Lipinski definition) is 5. The van der Waals surface area contributed by atoms with E-state index in [1.807, 2.05) is 50.5 Å². The highest BCUT2D eigenvalue weighted by Crippen LogP contribution is 2.02. The first kappa shape index (κ1) is 24.3. The van der Waals surface area contributed by atoms with E-state index in [2.05, 4.69) is 53.4 Å². The number of aryl methyl sites for hydroxylation is 4. The molecule has 3 rings (SSSR count). The van der Waals surface area contributed by atoms with Crippen molar-refractivity contribution in [3.8, 4) is 0 Å². The number of nitrogens with zero attached hydrogens (tertiary/aromatic N) is 2. The Morgan fingerprint density at radius 2 is 1.17 bits per heavy atom. The number of ether oxygens (including phenoxy) is 2. The number of methoxy groups -OCH3 is 2. The normalized spacial score (nSPS) is 9.59. The quantitative estimate of drug-likeness (QED) is 0.598. The van der Waals surface area contributed by atoms with Crippen molar-refractivity contribution < 1.29 is 9.47 Å². The van der Waals surface area contributed by atoms with Gasteiger partial charge in [0.05, 0.1) is 12.3 Å². The molecule has 0 spiro atoms. The van der Waals surface area contributed by atoms with Crippen LogP contribution in [0.4, 0.5) is 5.82 Å². The molecule has 3 aromatic rings. The summed E-state index contributed by atoms with van der Waals surface area (Å²) in [5.41, 5.74) is 5.98. The molecule has 29 heavy (non-hydrogen) atoms. The van der Waals surface area contributed by atoms with Gasteiger partial charge in [-0.2, -0.15) is 0 Å². The zero-order valence-electron chi connectivity index (χ0n) is 18.4. The third kappa shape index (κ3) is 11.6. The summed E-state index contributed by atoms with van der Waals surface area (Å²) >= 11 is 0. The van der Waals surface area contributed by atoms with Gasteiger partial charge in [-0.25, -0.2) is 4.98 Å². The Labute approximate surface area is 175 Å². The SMILES string of the molecule is COCNc1ccc(C)cn1.COCc1ccc(C)cn1.Cc1ccc(C)cc1. The van der Waals surface area contributed by atoms with Gasteiger partial charge in [0, 0.05) is 26.6 Å². The third-order valence-electron chi connectivity index (χ3n) is 3.79. The van der Waals surface area contributed by atoms with Gasteiger partial charge < -0.3 is 14.8 Å². The predicted octanol–water partition coefficient (Wildman–Crippen LogP) is 5.25. The van der Waals surface area contributed by atoms with E-state index in [1.54, 1.807) is 14.2 Å². The summed E-state index contributed by atoms with van der Waals surface area (Å²) in [5, 5.41) is 2.99. The molecule has 0 radical (unpaired) electrons. The molecule has 5 heteroatoms. The summed E-state index contributed by atoms with van der Waals surface area (Å²) in [4.78, 5) is 8.27. The molecule has 0 saturated carbocycles. The molecular weight excluding hydrogens is 362 g/mol. The number of nitrogens with one attached hydrogen (secondary N) is 1. The number of pyridine rings is 2. The van der Waals surface area contributed by atoms with Crippen LogP contribution in [0.5, 0.6) is 0 Å². The van der Waals surface area contributed by atoms with E-state index >= 15 is 0 Å². The Morgan fingerprint density at radius 1 is 0.655 bits per heavy atom. The van der Waals surface area contributed by atoms with Crippen LogP contribution in [0, 0.1) is 27.7 Å². The van der Waals surface area contributed by atoms with Crippen molar-refractivity contribution in [2.45, 2.75) is 34.3 Å². The van der Waals surface area contributed by atoms with Crippen molar-refractivity contribution in [3.05, 3.63) is 88.9 Å². The van der Waals surface area contributed by atoms with Crippen LogP contribution in [0.2, 0.25) is 0 Å². The summed E-state index contributed by atoms with van der Waals surface area (Å²) < 4.78 is 9.73. The molecule has 1 N–H and O–H groups in total. The van der Waals surface area contributed by atoms with Crippen LogP contribution in [-0.4, -0.2) is 30.9 Å². The fraction of sp³-hybridized carbons (Fsp3) is 0.333. The van der Waals surface area contributed by atoms with Gasteiger partial charge in [0.25, 0.3) is 0 Å². The van der Waals surface area contributed by atoms with E-state index in [0.29, 0.717) is 13.3 Å². The molecule has 5 nitrogen and oxygen atoms in total. The van der Waals surface area contributed by atoms with E-state index in [0.717, 1.165) is 17.1 Å². The van der Waals surface area contributed by atoms with Crippen molar-refractivity contribution in [1.29, 1.82) is 0 Å². The standard InChI is InChI=1S/C8H12N2O.C8H11NO.C8H10/c1-7-3-4-8(9-5-7)10-6-11-2;1-7-3-4-8(6-10-2)9-5-7;1-7-3-5-8(2)6-4-7/h3-5H,6H2,1-2H3,(H,9,10);3-5H,6H2,1-2H3;3-6H,1-2H3. The minimum Gasteiger partial charge on any atom is -0.378 e. The third-order valence-corrected chi connectivity index (χ3v) is 3.79. The second-order valence-corrected chi connectivity index (χ2v) is 6.75. The van der Waals surface area contributed by atoms with Crippen LogP contribution in [0.3, 0.4) is 0 Å². The van der Waals surface area contributed by atoms with Crippen molar-refractivity contribution in [2.75, 3.05) is 26.3 Å². The van der Waals surface area contributed by atoms with Crippen LogP contribution in [0.15, 0.2) is 60.9 Å². The van der Waals surface area contributed by atoms with E-state index in [4.69, 9.17) is 9.47 Å². The smallest absolute Gasteiger partial charge is 0.127 e. The first-order chi connectivity index (χ1) is 13.9. The molecule has 0 bridgehead atoms. The lowest BCUT2D eigenvalue weighted by molar-refractivity contribution is 0.181. The second-order valence-electron chi connectivity index (χ2n) is 6.75. The molecule has 0 aliphatic carbocycles. The molecule has 2 aromatic heterocycles. The minimum absolute atomic E-state index is 0.496. The zero-order valence-corrected chi connectivity index (χ0v) is 18.4. The van der Waals surface area contributed by atoms with Crippen LogP contribution in [0.1, 0.15) is 27.9 Å². The minimum atomic E-state index is 0.496. The Hall–Kier alpha value is -2.76. The fourth-order valence-electron chi connectivity index (χ4n) is 2.09. The summed E-state index contributed by atoms with van der Waals surface area (Å²) in [6, 6.07) is 16.4. The molecule has 0 unspecified atom stereocenters. The Morgan fingerprint density at radius 3 is 1.59 bits per heavy atom. The number of benzene rings is 1. The average molecular weight is 396 g/mol. The molecule has 0 aliphatic heterocycles. The van der Waals surface area contributed by atoms with Crippen LogP contribution < -0.4 is 5.32 Å². The van der Waals surface area contributed by atoms with Crippen LogP contribution in [-0.2, 0) is 16.1 Å². The van der Waals surface area contributed by atoms with Gasteiger partial charge in [-0.1, -0.05) is 47.5 Å². The fourth-order valence-corrected chi connectivity index (χ4v) is 2.09. The monoisotopic (exact) mass is 395 g/mol. The largest absolute Gasteiger partial charge is 0.378 e. The van der Waals surface area contributed by atoms with Crippen molar-refractivity contribution >= 4 is 5.82 Å². The summed E-state index contributed by atoms with van der Waals surface area (Å²) in [5.74, 6) is 0.845. The zero-order chi connectivity index (χ0) is 21.5. The van der Waals surface area contributed by atoms with E-state index < -0.39 is 0 Å². The van der Waals surface area contributed by atoms with Crippen molar-refractivity contribution in [3.63, 3.8) is 0 Å². The maximum absolute atomic E-state index is 4.91. The van der Waals surface area contributed by atoms with Crippen molar-refractivity contribution in [2.24, 2.45) is 0 Å².